The maximum absolute atomic E-state index is 5.73. The van der Waals surface area contributed by atoms with Gasteiger partial charge in [-0.25, -0.2) is 4.98 Å². The van der Waals surface area contributed by atoms with Crippen LogP contribution in [-0.2, 0) is 6.54 Å². The zero-order chi connectivity index (χ0) is 12.3. The number of rotatable bonds is 3. The van der Waals surface area contributed by atoms with Crippen molar-refractivity contribution in [3.8, 4) is 0 Å². The summed E-state index contributed by atoms with van der Waals surface area (Å²) in [6.07, 6.45) is 5.92. The first kappa shape index (κ1) is 12.7. The van der Waals surface area contributed by atoms with E-state index in [9.17, 15) is 0 Å². The molecule has 2 heterocycles. The van der Waals surface area contributed by atoms with E-state index in [0.29, 0.717) is 11.2 Å². The number of likely N-dealkylation sites (tertiary alicyclic amines) is 1. The fraction of sp³-hybridized carbons (Fsp3) is 0.667. The largest absolute Gasteiger partial charge is 0.305 e. The van der Waals surface area contributed by atoms with Crippen LogP contribution in [0.15, 0.2) is 12.4 Å². The van der Waals surface area contributed by atoms with Crippen LogP contribution in [0.5, 0.6) is 0 Å². The van der Waals surface area contributed by atoms with Crippen molar-refractivity contribution >= 4 is 11.6 Å². The number of halogens is 1. The Labute approximate surface area is 108 Å². The minimum absolute atomic E-state index is 0.457. The lowest BCUT2D eigenvalue weighted by atomic mass is 10.0. The first-order chi connectivity index (χ1) is 8.15. The molecule has 1 fully saturated rings. The molecule has 0 N–H and O–H groups in total. The SMILES string of the molecule is CN(C)C1CCCN(Cc2cnc(Cl)cn2)C1. The summed E-state index contributed by atoms with van der Waals surface area (Å²) in [4.78, 5) is 13.1. The van der Waals surface area contributed by atoms with E-state index in [1.807, 2.05) is 0 Å². The lowest BCUT2D eigenvalue weighted by molar-refractivity contribution is 0.126. The predicted molar refractivity (Wildman–Crippen MR) is 69.0 cm³/mol. The highest BCUT2D eigenvalue weighted by molar-refractivity contribution is 6.29. The Kier molecular flexibility index (Phi) is 4.31. The molecule has 0 saturated carbocycles. The maximum Gasteiger partial charge on any atom is 0.147 e. The van der Waals surface area contributed by atoms with Gasteiger partial charge in [0.2, 0.25) is 0 Å². The van der Waals surface area contributed by atoms with Gasteiger partial charge in [0.05, 0.1) is 18.1 Å². The van der Waals surface area contributed by atoms with Crippen molar-refractivity contribution in [3.63, 3.8) is 0 Å². The molecule has 1 aliphatic heterocycles. The lowest BCUT2D eigenvalue weighted by Crippen LogP contribution is -2.44. The molecule has 0 amide bonds. The molecule has 2 rings (SSSR count). The van der Waals surface area contributed by atoms with Crippen LogP contribution in [-0.4, -0.2) is 53.0 Å². The van der Waals surface area contributed by atoms with E-state index in [0.717, 1.165) is 25.3 Å². The molecule has 1 aliphatic rings. The Morgan fingerprint density at radius 3 is 2.88 bits per heavy atom. The van der Waals surface area contributed by atoms with Crippen LogP contribution in [0.3, 0.4) is 0 Å². The molecule has 1 atom stereocenters. The Balaban J connectivity index is 1.92. The Morgan fingerprint density at radius 1 is 1.41 bits per heavy atom. The second-order valence-corrected chi connectivity index (χ2v) is 5.21. The number of piperidine rings is 1. The molecule has 17 heavy (non-hydrogen) atoms. The zero-order valence-corrected chi connectivity index (χ0v) is 11.2. The van der Waals surface area contributed by atoms with Gasteiger partial charge in [-0.2, -0.15) is 0 Å². The molecule has 0 radical (unpaired) electrons. The van der Waals surface area contributed by atoms with Crippen molar-refractivity contribution in [3.05, 3.63) is 23.2 Å². The number of aromatic nitrogens is 2. The smallest absolute Gasteiger partial charge is 0.147 e. The molecule has 0 spiro atoms. The molecule has 1 saturated heterocycles. The molecule has 1 aromatic rings. The van der Waals surface area contributed by atoms with Crippen LogP contribution in [0.2, 0.25) is 5.15 Å². The zero-order valence-electron chi connectivity index (χ0n) is 10.4. The average molecular weight is 255 g/mol. The van der Waals surface area contributed by atoms with Gasteiger partial charge in [0.15, 0.2) is 0 Å². The van der Waals surface area contributed by atoms with Crippen molar-refractivity contribution < 1.29 is 0 Å². The highest BCUT2D eigenvalue weighted by Gasteiger charge is 2.21. The van der Waals surface area contributed by atoms with E-state index in [1.165, 1.54) is 12.8 Å². The summed E-state index contributed by atoms with van der Waals surface area (Å²) in [5.41, 5.74) is 0.994. The summed E-state index contributed by atoms with van der Waals surface area (Å²) in [5, 5.41) is 0.457. The van der Waals surface area contributed by atoms with Gasteiger partial charge < -0.3 is 4.90 Å². The number of nitrogens with zero attached hydrogens (tertiary/aromatic N) is 4. The van der Waals surface area contributed by atoms with Crippen LogP contribution in [0.4, 0.5) is 0 Å². The number of likely N-dealkylation sites (N-methyl/N-ethyl adjacent to an activating group) is 1. The second kappa shape index (κ2) is 5.76. The third-order valence-electron chi connectivity index (χ3n) is 3.27. The first-order valence-electron chi connectivity index (χ1n) is 6.00. The quantitative estimate of drug-likeness (QED) is 0.821. The minimum atomic E-state index is 0.457. The standard InChI is InChI=1S/C12H19ClN4/c1-16(2)11-4-3-5-17(9-11)8-10-6-15-12(13)7-14-10/h6-7,11H,3-5,8-9H2,1-2H3. The van der Waals surface area contributed by atoms with Crippen LogP contribution in [0.1, 0.15) is 18.5 Å². The Bertz CT molecular complexity index is 352. The van der Waals surface area contributed by atoms with Crippen molar-refractivity contribution in [1.29, 1.82) is 0 Å². The fourth-order valence-electron chi connectivity index (χ4n) is 2.25. The van der Waals surface area contributed by atoms with Gasteiger partial charge in [-0.1, -0.05) is 11.6 Å². The highest BCUT2D eigenvalue weighted by atomic mass is 35.5. The second-order valence-electron chi connectivity index (χ2n) is 4.83. The van der Waals surface area contributed by atoms with E-state index in [1.54, 1.807) is 12.4 Å². The van der Waals surface area contributed by atoms with E-state index in [-0.39, 0.29) is 0 Å². The van der Waals surface area contributed by atoms with Crippen LogP contribution in [0, 0.1) is 0 Å². The van der Waals surface area contributed by atoms with Crippen molar-refractivity contribution in [2.24, 2.45) is 0 Å². The van der Waals surface area contributed by atoms with Gasteiger partial charge in [0.1, 0.15) is 5.15 Å². The van der Waals surface area contributed by atoms with Gasteiger partial charge in [-0.15, -0.1) is 0 Å². The number of hydrogen-bond acceptors (Lipinski definition) is 4. The minimum Gasteiger partial charge on any atom is -0.305 e. The highest BCUT2D eigenvalue weighted by Crippen LogP contribution is 2.15. The van der Waals surface area contributed by atoms with Crippen molar-refractivity contribution in [2.45, 2.75) is 25.4 Å². The predicted octanol–water partition coefficient (Wildman–Crippen LogP) is 1.66. The monoisotopic (exact) mass is 254 g/mol. The molecule has 5 heteroatoms. The Hall–Kier alpha value is -0.710. The molecule has 0 aliphatic carbocycles. The lowest BCUT2D eigenvalue weighted by Gasteiger charge is -2.35. The van der Waals surface area contributed by atoms with Crippen LogP contribution >= 0.6 is 11.6 Å². The van der Waals surface area contributed by atoms with Crippen LogP contribution < -0.4 is 0 Å². The molecule has 94 valence electrons. The van der Waals surface area contributed by atoms with Gasteiger partial charge in [-0.05, 0) is 33.5 Å². The first-order valence-corrected chi connectivity index (χ1v) is 6.38. The van der Waals surface area contributed by atoms with Crippen molar-refractivity contribution in [1.82, 2.24) is 19.8 Å². The molecule has 1 unspecified atom stereocenters. The normalized spacial score (nSPS) is 22.0. The van der Waals surface area contributed by atoms with E-state index in [2.05, 4.69) is 33.9 Å². The summed E-state index contributed by atoms with van der Waals surface area (Å²) in [6.45, 7) is 3.13. The molecule has 1 aromatic heterocycles. The average Bonchev–Trinajstić information content (AvgIpc) is 2.32. The summed E-state index contributed by atoms with van der Waals surface area (Å²) >= 11 is 5.73. The van der Waals surface area contributed by atoms with E-state index >= 15 is 0 Å². The van der Waals surface area contributed by atoms with Crippen molar-refractivity contribution in [2.75, 3.05) is 27.2 Å². The number of hydrogen-bond donors (Lipinski definition) is 0. The summed E-state index contributed by atoms with van der Waals surface area (Å²) in [6, 6.07) is 0.656. The van der Waals surface area contributed by atoms with Gasteiger partial charge >= 0.3 is 0 Å². The fourth-order valence-corrected chi connectivity index (χ4v) is 2.34. The summed E-state index contributed by atoms with van der Waals surface area (Å²) in [5.74, 6) is 0. The molecule has 4 nitrogen and oxygen atoms in total. The Morgan fingerprint density at radius 2 is 2.24 bits per heavy atom. The third-order valence-corrected chi connectivity index (χ3v) is 3.47. The van der Waals surface area contributed by atoms with Gasteiger partial charge in [-0.3, -0.25) is 9.88 Å². The molecule has 0 aromatic carbocycles. The summed E-state index contributed by atoms with van der Waals surface area (Å²) < 4.78 is 0. The summed E-state index contributed by atoms with van der Waals surface area (Å²) in [7, 11) is 4.30. The van der Waals surface area contributed by atoms with Gasteiger partial charge in [0, 0.05) is 19.1 Å². The molecular weight excluding hydrogens is 236 g/mol. The van der Waals surface area contributed by atoms with Crippen LogP contribution in [0.25, 0.3) is 0 Å². The molecular formula is C12H19ClN4. The third kappa shape index (κ3) is 3.63. The topological polar surface area (TPSA) is 32.3 Å². The van der Waals surface area contributed by atoms with Gasteiger partial charge in [0.25, 0.3) is 0 Å². The van der Waals surface area contributed by atoms with E-state index < -0.39 is 0 Å². The molecule has 0 bridgehead atoms. The van der Waals surface area contributed by atoms with E-state index in [4.69, 9.17) is 11.6 Å². The maximum atomic E-state index is 5.73.